The molecule has 3 aliphatic carbocycles. The van der Waals surface area contributed by atoms with Crippen LogP contribution in [0.4, 0.5) is 23.4 Å². The smallest absolute Gasteiger partial charge is 0.381 e. The number of alkyl halides is 3. The lowest BCUT2D eigenvalue weighted by Gasteiger charge is -2.70. The summed E-state index contributed by atoms with van der Waals surface area (Å²) >= 11 is 0. The molecule has 8 rings (SSSR count). The molecule has 9 nitrogen and oxygen atoms in total. The number of aryl methyl sites for hydroxylation is 1. The van der Waals surface area contributed by atoms with E-state index in [1.54, 1.807) is 28.9 Å². The number of anilines is 1. The molecular formula is C29H26F4N8O. The Kier molecular flexibility index (Phi) is 5.65. The van der Waals surface area contributed by atoms with Gasteiger partial charge in [-0.3, -0.25) is 9.20 Å². The van der Waals surface area contributed by atoms with Crippen LogP contribution in [0.2, 0.25) is 0 Å². The van der Waals surface area contributed by atoms with Crippen molar-refractivity contribution in [1.29, 1.82) is 0 Å². The molecule has 4 aromatic heterocycles. The minimum Gasteiger partial charge on any atom is -0.381 e. The average Bonchev–Trinajstić information content (AvgIpc) is 3.51. The van der Waals surface area contributed by atoms with Crippen LogP contribution in [0.15, 0.2) is 55.0 Å². The average molecular weight is 579 g/mol. The monoisotopic (exact) mass is 578 g/mol. The van der Waals surface area contributed by atoms with E-state index in [-0.39, 0.29) is 29.1 Å². The maximum absolute atomic E-state index is 13.8. The highest BCUT2D eigenvalue weighted by Crippen LogP contribution is 2.66. The zero-order valence-electron chi connectivity index (χ0n) is 22.5. The van der Waals surface area contributed by atoms with Crippen molar-refractivity contribution in [3.8, 4) is 22.5 Å². The van der Waals surface area contributed by atoms with Crippen LogP contribution in [-0.2, 0) is 0 Å². The first-order chi connectivity index (χ1) is 19.9. The Bertz CT molecular complexity index is 1860. The number of fused-ring (bicyclic) bond motifs is 2. The predicted octanol–water partition coefficient (Wildman–Crippen LogP) is 4.55. The third-order valence-corrected chi connectivity index (χ3v) is 8.29. The Morgan fingerprint density at radius 2 is 1.74 bits per heavy atom. The second kappa shape index (κ2) is 8.99. The summed E-state index contributed by atoms with van der Waals surface area (Å²) in [6, 6.07) is 9.65. The number of pyridine rings is 1. The van der Waals surface area contributed by atoms with Gasteiger partial charge in [0.05, 0.1) is 17.9 Å². The molecule has 4 heterocycles. The van der Waals surface area contributed by atoms with Crippen molar-refractivity contribution >= 4 is 23.0 Å². The van der Waals surface area contributed by atoms with Gasteiger partial charge in [0.25, 0.3) is 5.91 Å². The number of nitrogen functional groups attached to an aromatic ring is 1. The first kappa shape index (κ1) is 26.4. The number of hydrogen-bond acceptors (Lipinski definition) is 6. The summed E-state index contributed by atoms with van der Waals surface area (Å²) in [5.74, 6) is -0.694. The van der Waals surface area contributed by atoms with E-state index in [0.29, 0.717) is 36.2 Å². The molecule has 3 aliphatic rings. The van der Waals surface area contributed by atoms with Crippen molar-refractivity contribution < 1.29 is 22.4 Å². The zero-order chi connectivity index (χ0) is 29.4. The molecule has 3 saturated carbocycles. The van der Waals surface area contributed by atoms with Gasteiger partial charge in [-0.15, -0.1) is 0 Å². The topological polar surface area (TPSA) is 115 Å². The maximum Gasteiger partial charge on any atom is 0.401 e. The fourth-order valence-corrected chi connectivity index (χ4v) is 6.60. The first-order valence-electron chi connectivity index (χ1n) is 13.4. The quantitative estimate of drug-likeness (QED) is 0.244. The van der Waals surface area contributed by atoms with E-state index < -0.39 is 30.0 Å². The molecule has 0 aliphatic heterocycles. The maximum atomic E-state index is 13.8. The Labute approximate surface area is 236 Å². The minimum atomic E-state index is -4.26. The van der Waals surface area contributed by atoms with Gasteiger partial charge >= 0.3 is 6.18 Å². The number of carbonyl (C=O) groups excluding carboxylic acids is 1. The first-order valence-corrected chi connectivity index (χ1v) is 13.4. The van der Waals surface area contributed by atoms with Gasteiger partial charge in [0.15, 0.2) is 11.5 Å². The molecule has 0 unspecified atom stereocenters. The molecule has 4 N–H and O–H groups in total. The Morgan fingerprint density at radius 1 is 1.02 bits per heavy atom. The second-order valence-corrected chi connectivity index (χ2v) is 11.5. The number of nitrogens with one attached hydrogen (secondary N) is 2. The molecule has 42 heavy (non-hydrogen) atoms. The van der Waals surface area contributed by atoms with Crippen LogP contribution < -0.4 is 16.4 Å². The number of halogens is 4. The molecule has 5 aromatic rings. The summed E-state index contributed by atoms with van der Waals surface area (Å²) in [5, 5.41) is 5.53. The standard InChI is InChI=1S/C29H26F4N8O/c1-16-8-36-21-7-4-18(9-40(16)21)23-22(17-2-5-19(30)6-3-17)38-24(34)25-37-20(10-41(23)25)26(42)39-28-11-27(12-28,13-28)14-35-15-29(31,32)33/h2-10,35H,11-15H2,1H3,(H2,34,38)(H,39,42). The Hall–Kier alpha value is -4.52. The summed E-state index contributed by atoms with van der Waals surface area (Å²) in [7, 11) is 0. The van der Waals surface area contributed by atoms with Crippen LogP contribution in [0, 0.1) is 18.2 Å². The fraction of sp³-hybridized carbons (Fsp3) is 0.310. The molecule has 0 saturated heterocycles. The van der Waals surface area contributed by atoms with Gasteiger partial charge in [-0.2, -0.15) is 13.2 Å². The lowest BCUT2D eigenvalue weighted by atomic mass is 9.39. The highest BCUT2D eigenvalue weighted by Gasteiger charge is 2.68. The number of imidazole rings is 2. The van der Waals surface area contributed by atoms with Crippen molar-refractivity contribution in [3.05, 3.63) is 72.2 Å². The molecular weight excluding hydrogens is 552 g/mol. The van der Waals surface area contributed by atoms with Crippen LogP contribution in [0.3, 0.4) is 0 Å². The summed E-state index contributed by atoms with van der Waals surface area (Å²) < 4.78 is 54.9. The normalized spacial score (nSPS) is 21.4. The van der Waals surface area contributed by atoms with Crippen LogP contribution in [0.1, 0.15) is 35.4 Å². The number of aromatic nitrogens is 5. The Balaban J connectivity index is 1.23. The number of hydrogen-bond donors (Lipinski definition) is 3. The third kappa shape index (κ3) is 4.35. The van der Waals surface area contributed by atoms with Gasteiger partial charge in [0.2, 0.25) is 0 Å². The van der Waals surface area contributed by atoms with Crippen molar-refractivity contribution in [1.82, 2.24) is 34.4 Å². The molecule has 13 heteroatoms. The summed E-state index contributed by atoms with van der Waals surface area (Å²) in [4.78, 5) is 26.9. The van der Waals surface area contributed by atoms with Crippen LogP contribution >= 0.6 is 0 Å². The van der Waals surface area contributed by atoms with E-state index in [4.69, 9.17) is 5.73 Å². The molecule has 1 aromatic carbocycles. The van der Waals surface area contributed by atoms with Crippen LogP contribution in [0.25, 0.3) is 33.8 Å². The van der Waals surface area contributed by atoms with Crippen molar-refractivity contribution in [3.63, 3.8) is 0 Å². The molecule has 0 radical (unpaired) electrons. The largest absolute Gasteiger partial charge is 0.401 e. The van der Waals surface area contributed by atoms with Crippen molar-refractivity contribution in [2.24, 2.45) is 5.41 Å². The molecule has 3 fully saturated rings. The highest BCUT2D eigenvalue weighted by atomic mass is 19.4. The van der Waals surface area contributed by atoms with E-state index in [0.717, 1.165) is 16.9 Å². The fourth-order valence-electron chi connectivity index (χ4n) is 6.60. The predicted molar refractivity (Wildman–Crippen MR) is 147 cm³/mol. The minimum absolute atomic E-state index is 0.0947. The van der Waals surface area contributed by atoms with Gasteiger partial charge in [0, 0.05) is 47.5 Å². The zero-order valence-corrected chi connectivity index (χ0v) is 22.5. The summed E-state index contributed by atoms with van der Waals surface area (Å²) in [6.45, 7) is 1.17. The molecule has 2 bridgehead atoms. The van der Waals surface area contributed by atoms with E-state index >= 15 is 0 Å². The van der Waals surface area contributed by atoms with Gasteiger partial charge in [-0.25, -0.2) is 19.3 Å². The SMILES string of the molecule is Cc1cnc2ccc(-c3c(-c4ccc(F)cc4)nc(N)c4nc(C(=O)NC56CC(CNCC(F)(F)F)(C5)C6)cn34)cn12. The number of nitrogens with zero attached hydrogens (tertiary/aromatic N) is 5. The van der Waals surface area contributed by atoms with Gasteiger partial charge in [0.1, 0.15) is 17.2 Å². The molecule has 0 atom stereocenters. The number of carbonyl (C=O) groups is 1. The van der Waals surface area contributed by atoms with Crippen molar-refractivity contribution in [2.75, 3.05) is 18.8 Å². The molecule has 1 amide bonds. The van der Waals surface area contributed by atoms with E-state index in [1.807, 2.05) is 29.7 Å². The van der Waals surface area contributed by atoms with Crippen LogP contribution in [-0.4, -0.2) is 54.5 Å². The third-order valence-electron chi connectivity index (χ3n) is 8.29. The lowest BCUT2D eigenvalue weighted by molar-refractivity contribution is -0.156. The van der Waals surface area contributed by atoms with E-state index in [9.17, 15) is 22.4 Å². The van der Waals surface area contributed by atoms with Crippen LogP contribution in [0.5, 0.6) is 0 Å². The van der Waals surface area contributed by atoms with Gasteiger partial charge in [-0.05, 0) is 68.0 Å². The number of amides is 1. The molecule has 216 valence electrons. The number of benzene rings is 1. The van der Waals surface area contributed by atoms with E-state index in [1.165, 1.54) is 12.1 Å². The van der Waals surface area contributed by atoms with Gasteiger partial charge < -0.3 is 20.8 Å². The lowest BCUT2D eigenvalue weighted by Crippen LogP contribution is -2.76. The summed E-state index contributed by atoms with van der Waals surface area (Å²) in [5.41, 5.74) is 10.2. The highest BCUT2D eigenvalue weighted by molar-refractivity contribution is 5.95. The number of rotatable bonds is 7. The summed E-state index contributed by atoms with van der Waals surface area (Å²) in [6.07, 6.45) is 2.84. The Morgan fingerprint density at radius 3 is 2.45 bits per heavy atom. The van der Waals surface area contributed by atoms with E-state index in [2.05, 4.69) is 25.6 Å². The van der Waals surface area contributed by atoms with Gasteiger partial charge in [-0.1, -0.05) is 0 Å². The molecule has 0 spiro atoms. The number of nitrogens with two attached hydrogens (primary N) is 1. The van der Waals surface area contributed by atoms with Crippen molar-refractivity contribution in [2.45, 2.75) is 37.9 Å². The second-order valence-electron chi connectivity index (χ2n) is 11.5.